The maximum Gasteiger partial charge on any atom is 0.157 e. The molecule has 2 N–H and O–H groups in total. The second-order valence-electron chi connectivity index (χ2n) is 5.58. The van der Waals surface area contributed by atoms with Gasteiger partial charge >= 0.3 is 0 Å². The molecule has 2 aromatic heterocycles. The number of hydrogen-bond donors (Lipinski definition) is 2. The summed E-state index contributed by atoms with van der Waals surface area (Å²) < 4.78 is 7.43. The first-order valence-corrected chi connectivity index (χ1v) is 7.49. The first-order chi connectivity index (χ1) is 10.7. The lowest BCUT2D eigenvalue weighted by molar-refractivity contribution is 0.187. The Morgan fingerprint density at radius 3 is 3.09 bits per heavy atom. The number of nitrogens with one attached hydrogen (secondary N) is 2. The summed E-state index contributed by atoms with van der Waals surface area (Å²) in [5.74, 6) is 1.88. The van der Waals surface area contributed by atoms with Gasteiger partial charge in [0.2, 0.25) is 0 Å². The van der Waals surface area contributed by atoms with E-state index in [0.717, 1.165) is 23.6 Å². The van der Waals surface area contributed by atoms with Gasteiger partial charge in [0.25, 0.3) is 0 Å². The molecule has 1 aliphatic rings. The van der Waals surface area contributed by atoms with Crippen LogP contribution < -0.4 is 5.32 Å². The number of aromatic amines is 1. The molecule has 116 valence electrons. The highest BCUT2D eigenvalue weighted by atomic mass is 16.5. The zero-order chi connectivity index (χ0) is 15.5. The Bertz CT molecular complexity index is 683. The maximum atomic E-state index is 9.00. The van der Waals surface area contributed by atoms with E-state index in [4.69, 9.17) is 10.00 Å². The van der Waals surface area contributed by atoms with Gasteiger partial charge in [0.15, 0.2) is 5.82 Å². The van der Waals surface area contributed by atoms with E-state index in [1.807, 2.05) is 30.8 Å². The number of ether oxygens (including phenoxy) is 1. The number of nitriles is 1. The predicted octanol–water partition coefficient (Wildman–Crippen LogP) is 0.849. The Morgan fingerprint density at radius 2 is 2.41 bits per heavy atom. The molecule has 0 aliphatic carbocycles. The quantitative estimate of drug-likeness (QED) is 0.854. The number of hydrogen-bond acceptors (Lipinski definition) is 5. The van der Waals surface area contributed by atoms with Gasteiger partial charge in [-0.25, -0.2) is 4.98 Å². The first-order valence-electron chi connectivity index (χ1n) is 7.49. The SMILES string of the molecule is CCc1nc([C@@H]2COC[C@@H]2NCc2cc(C#N)n(C)c2)n[nH]1. The molecule has 0 aromatic carbocycles. The van der Waals surface area contributed by atoms with Crippen LogP contribution in [-0.2, 0) is 24.8 Å². The summed E-state index contributed by atoms with van der Waals surface area (Å²) in [5, 5.41) is 19.8. The van der Waals surface area contributed by atoms with Crippen LogP contribution in [0.15, 0.2) is 12.3 Å². The minimum absolute atomic E-state index is 0.163. The first kappa shape index (κ1) is 14.8. The molecule has 1 saturated heterocycles. The molecule has 0 unspecified atom stereocenters. The lowest BCUT2D eigenvalue weighted by Crippen LogP contribution is -2.34. The lowest BCUT2D eigenvalue weighted by atomic mass is 10.0. The van der Waals surface area contributed by atoms with E-state index in [-0.39, 0.29) is 12.0 Å². The summed E-state index contributed by atoms with van der Waals surface area (Å²) >= 11 is 0. The fourth-order valence-electron chi connectivity index (χ4n) is 2.73. The Morgan fingerprint density at radius 1 is 1.55 bits per heavy atom. The van der Waals surface area contributed by atoms with Gasteiger partial charge in [-0.05, 0) is 11.6 Å². The van der Waals surface area contributed by atoms with Crippen molar-refractivity contribution in [2.75, 3.05) is 13.2 Å². The Hall–Kier alpha value is -2.17. The van der Waals surface area contributed by atoms with Crippen molar-refractivity contribution in [3.05, 3.63) is 35.2 Å². The summed E-state index contributed by atoms with van der Waals surface area (Å²) in [6, 6.07) is 4.26. The van der Waals surface area contributed by atoms with Crippen molar-refractivity contribution < 1.29 is 4.74 Å². The van der Waals surface area contributed by atoms with E-state index in [0.29, 0.717) is 25.5 Å². The molecule has 0 spiro atoms. The molecular weight excluding hydrogens is 280 g/mol. The van der Waals surface area contributed by atoms with Gasteiger partial charge < -0.3 is 14.6 Å². The van der Waals surface area contributed by atoms with Crippen LogP contribution in [-0.4, -0.2) is 39.0 Å². The van der Waals surface area contributed by atoms with Gasteiger partial charge in [-0.1, -0.05) is 6.92 Å². The molecule has 3 heterocycles. The Kier molecular flexibility index (Phi) is 4.22. The summed E-state index contributed by atoms with van der Waals surface area (Å²) in [5.41, 5.74) is 1.76. The van der Waals surface area contributed by atoms with E-state index in [2.05, 4.69) is 26.6 Å². The normalized spacial score (nSPS) is 21.1. The van der Waals surface area contributed by atoms with Gasteiger partial charge in [-0.15, -0.1) is 0 Å². The average Bonchev–Trinajstić information content (AvgIpc) is 3.23. The molecule has 0 saturated carbocycles. The molecule has 7 heteroatoms. The standard InChI is InChI=1S/C15H20N6O/c1-3-14-18-15(20-19-14)12-8-22-9-13(12)17-6-10-4-11(5-16)21(2)7-10/h4,7,12-13,17H,3,6,8-9H2,1-2H3,(H,18,19,20)/t12-,13+/m1/s1. The van der Waals surface area contributed by atoms with Gasteiger partial charge in [-0.2, -0.15) is 10.4 Å². The topological polar surface area (TPSA) is 91.5 Å². The number of H-pyrrole nitrogens is 1. The van der Waals surface area contributed by atoms with Crippen molar-refractivity contribution in [3.63, 3.8) is 0 Å². The fraction of sp³-hybridized carbons (Fsp3) is 0.533. The van der Waals surface area contributed by atoms with Crippen LogP contribution in [0.2, 0.25) is 0 Å². The van der Waals surface area contributed by atoms with Crippen molar-refractivity contribution in [1.29, 1.82) is 5.26 Å². The van der Waals surface area contributed by atoms with Gasteiger partial charge in [0, 0.05) is 32.3 Å². The van der Waals surface area contributed by atoms with E-state index < -0.39 is 0 Å². The zero-order valence-corrected chi connectivity index (χ0v) is 12.8. The molecule has 2 aromatic rings. The molecule has 1 aliphatic heterocycles. The number of aryl methyl sites for hydroxylation is 2. The van der Waals surface area contributed by atoms with Crippen molar-refractivity contribution >= 4 is 0 Å². The van der Waals surface area contributed by atoms with Crippen LogP contribution in [0.5, 0.6) is 0 Å². The molecule has 1 fully saturated rings. The Balaban J connectivity index is 1.64. The highest BCUT2D eigenvalue weighted by Gasteiger charge is 2.32. The maximum absolute atomic E-state index is 9.00. The lowest BCUT2D eigenvalue weighted by Gasteiger charge is -2.16. The number of rotatable bonds is 5. The van der Waals surface area contributed by atoms with Crippen molar-refractivity contribution in [2.24, 2.45) is 7.05 Å². The minimum Gasteiger partial charge on any atom is -0.379 e. The predicted molar refractivity (Wildman–Crippen MR) is 80.1 cm³/mol. The van der Waals surface area contributed by atoms with E-state index >= 15 is 0 Å². The summed E-state index contributed by atoms with van der Waals surface area (Å²) in [6.45, 7) is 4.04. The zero-order valence-electron chi connectivity index (χ0n) is 12.8. The number of aromatic nitrogens is 4. The second-order valence-corrected chi connectivity index (χ2v) is 5.58. The molecule has 2 atom stereocenters. The third-order valence-corrected chi connectivity index (χ3v) is 4.04. The highest BCUT2D eigenvalue weighted by Crippen LogP contribution is 2.23. The third-order valence-electron chi connectivity index (χ3n) is 4.04. The van der Waals surface area contributed by atoms with Crippen LogP contribution >= 0.6 is 0 Å². The fourth-order valence-corrected chi connectivity index (χ4v) is 2.73. The molecule has 0 radical (unpaired) electrons. The summed E-state index contributed by atoms with van der Waals surface area (Å²) in [6.07, 6.45) is 2.82. The average molecular weight is 300 g/mol. The summed E-state index contributed by atoms with van der Waals surface area (Å²) in [7, 11) is 1.88. The molecule has 0 bridgehead atoms. The van der Waals surface area contributed by atoms with E-state index in [1.165, 1.54) is 0 Å². The number of nitrogens with zero attached hydrogens (tertiary/aromatic N) is 4. The van der Waals surface area contributed by atoms with Crippen LogP contribution in [0.1, 0.15) is 35.7 Å². The monoisotopic (exact) mass is 300 g/mol. The van der Waals surface area contributed by atoms with Crippen LogP contribution in [0.3, 0.4) is 0 Å². The van der Waals surface area contributed by atoms with Crippen molar-refractivity contribution in [1.82, 2.24) is 25.1 Å². The largest absolute Gasteiger partial charge is 0.379 e. The molecular formula is C15H20N6O. The van der Waals surface area contributed by atoms with Crippen LogP contribution in [0, 0.1) is 11.3 Å². The molecule has 0 amide bonds. The van der Waals surface area contributed by atoms with Crippen molar-refractivity contribution in [2.45, 2.75) is 31.8 Å². The second kappa shape index (κ2) is 6.30. The van der Waals surface area contributed by atoms with E-state index in [1.54, 1.807) is 0 Å². The Labute approximate surface area is 129 Å². The van der Waals surface area contributed by atoms with Gasteiger partial charge in [0.1, 0.15) is 17.6 Å². The van der Waals surface area contributed by atoms with Gasteiger partial charge in [0.05, 0.1) is 19.1 Å². The van der Waals surface area contributed by atoms with E-state index in [9.17, 15) is 0 Å². The highest BCUT2D eigenvalue weighted by molar-refractivity contribution is 5.28. The van der Waals surface area contributed by atoms with Gasteiger partial charge in [-0.3, -0.25) is 5.10 Å². The molecule has 22 heavy (non-hydrogen) atoms. The third kappa shape index (κ3) is 2.89. The smallest absolute Gasteiger partial charge is 0.157 e. The summed E-state index contributed by atoms with van der Waals surface area (Å²) in [4.78, 5) is 4.51. The molecule has 3 rings (SSSR count). The molecule has 7 nitrogen and oxygen atoms in total. The van der Waals surface area contributed by atoms with Crippen LogP contribution in [0.4, 0.5) is 0 Å². The van der Waals surface area contributed by atoms with Crippen LogP contribution in [0.25, 0.3) is 0 Å². The van der Waals surface area contributed by atoms with Crippen molar-refractivity contribution in [3.8, 4) is 6.07 Å². The minimum atomic E-state index is 0.163.